The first-order valence-corrected chi connectivity index (χ1v) is 11.3. The molecule has 0 radical (unpaired) electrons. The minimum atomic E-state index is -0.461. The average Bonchev–Trinajstić information content (AvgIpc) is 3.27. The van der Waals surface area contributed by atoms with Gasteiger partial charge in [0.05, 0.1) is 18.1 Å². The first kappa shape index (κ1) is 23.7. The van der Waals surface area contributed by atoms with Crippen molar-refractivity contribution in [1.29, 1.82) is 0 Å². The lowest BCUT2D eigenvalue weighted by atomic mass is 10.1. The number of nitrogens with zero attached hydrogens (tertiary/aromatic N) is 1. The van der Waals surface area contributed by atoms with Crippen molar-refractivity contribution in [2.45, 2.75) is 13.3 Å². The van der Waals surface area contributed by atoms with Crippen molar-refractivity contribution in [2.24, 2.45) is 5.92 Å². The third kappa shape index (κ3) is 5.73. The fraction of sp³-hybridized carbons (Fsp3) is 0.185. The summed E-state index contributed by atoms with van der Waals surface area (Å²) in [5.41, 5.74) is 2.50. The minimum absolute atomic E-state index is 0.0876. The molecule has 35 heavy (non-hydrogen) atoms. The molecule has 1 heterocycles. The number of nitrogens with one attached hydrogen (secondary N) is 2. The summed E-state index contributed by atoms with van der Waals surface area (Å²) in [5.74, 6) is -1.61. The SMILES string of the molecule is CCOC(=O)c1cccc(NC(=O)c2ccc(NC(=O)C3CC(=O)N(c4ccccc4)C3)cc2)c1. The Morgan fingerprint density at radius 1 is 0.886 bits per heavy atom. The molecule has 8 heteroatoms. The number of carbonyl (C=O) groups excluding carboxylic acids is 4. The molecule has 1 unspecified atom stereocenters. The van der Waals surface area contributed by atoms with Gasteiger partial charge in [-0.2, -0.15) is 0 Å². The lowest BCUT2D eigenvalue weighted by molar-refractivity contribution is -0.122. The number of carbonyl (C=O) groups is 4. The zero-order chi connectivity index (χ0) is 24.8. The molecule has 178 valence electrons. The van der Waals surface area contributed by atoms with Crippen LogP contribution in [-0.2, 0) is 14.3 Å². The highest BCUT2D eigenvalue weighted by Gasteiger charge is 2.35. The van der Waals surface area contributed by atoms with Crippen molar-refractivity contribution in [1.82, 2.24) is 0 Å². The second-order valence-corrected chi connectivity index (χ2v) is 8.06. The molecule has 0 bridgehead atoms. The van der Waals surface area contributed by atoms with E-state index in [-0.39, 0.29) is 30.7 Å². The number of hydrogen-bond acceptors (Lipinski definition) is 5. The van der Waals surface area contributed by atoms with Crippen LogP contribution in [0.25, 0.3) is 0 Å². The third-order valence-corrected chi connectivity index (χ3v) is 5.61. The molecule has 1 fully saturated rings. The summed E-state index contributed by atoms with van der Waals surface area (Å²) in [7, 11) is 0. The van der Waals surface area contributed by atoms with E-state index in [9.17, 15) is 19.2 Å². The highest BCUT2D eigenvalue weighted by atomic mass is 16.5. The number of hydrogen-bond donors (Lipinski definition) is 2. The molecule has 8 nitrogen and oxygen atoms in total. The summed E-state index contributed by atoms with van der Waals surface area (Å²) in [6, 6.07) is 22.2. The Morgan fingerprint density at radius 3 is 2.34 bits per heavy atom. The molecule has 3 amide bonds. The van der Waals surface area contributed by atoms with E-state index >= 15 is 0 Å². The predicted octanol–water partition coefficient (Wildman–Crippen LogP) is 4.11. The van der Waals surface area contributed by atoms with Crippen LogP contribution in [0.2, 0.25) is 0 Å². The van der Waals surface area contributed by atoms with Gasteiger partial charge in [0.15, 0.2) is 0 Å². The monoisotopic (exact) mass is 471 g/mol. The van der Waals surface area contributed by atoms with Gasteiger partial charge in [-0.1, -0.05) is 24.3 Å². The molecular weight excluding hydrogens is 446 g/mol. The van der Waals surface area contributed by atoms with Gasteiger partial charge in [-0.05, 0) is 61.5 Å². The van der Waals surface area contributed by atoms with E-state index in [1.54, 1.807) is 60.4 Å². The van der Waals surface area contributed by atoms with E-state index in [4.69, 9.17) is 4.74 Å². The van der Waals surface area contributed by atoms with Crippen LogP contribution in [0, 0.1) is 5.92 Å². The molecular formula is C27H25N3O5. The van der Waals surface area contributed by atoms with Crippen LogP contribution in [0.1, 0.15) is 34.1 Å². The zero-order valence-electron chi connectivity index (χ0n) is 19.2. The highest BCUT2D eigenvalue weighted by molar-refractivity contribution is 6.06. The van der Waals surface area contributed by atoms with Gasteiger partial charge in [0.1, 0.15) is 0 Å². The quantitative estimate of drug-likeness (QED) is 0.505. The molecule has 2 N–H and O–H groups in total. The Morgan fingerprint density at radius 2 is 1.63 bits per heavy atom. The van der Waals surface area contributed by atoms with E-state index in [0.29, 0.717) is 29.0 Å². The predicted molar refractivity (Wildman–Crippen MR) is 132 cm³/mol. The largest absolute Gasteiger partial charge is 0.462 e. The summed E-state index contributed by atoms with van der Waals surface area (Å²) in [4.78, 5) is 51.2. The molecule has 1 aliphatic rings. The van der Waals surface area contributed by atoms with Crippen LogP contribution in [-0.4, -0.2) is 36.8 Å². The Bertz CT molecular complexity index is 1240. The Labute approximate surface area is 202 Å². The van der Waals surface area contributed by atoms with Gasteiger partial charge >= 0.3 is 5.97 Å². The van der Waals surface area contributed by atoms with Crippen molar-refractivity contribution in [3.8, 4) is 0 Å². The molecule has 0 aromatic heterocycles. The van der Waals surface area contributed by atoms with Crippen molar-refractivity contribution in [2.75, 3.05) is 28.7 Å². The van der Waals surface area contributed by atoms with Crippen LogP contribution in [0.4, 0.5) is 17.1 Å². The Balaban J connectivity index is 1.35. The second-order valence-electron chi connectivity index (χ2n) is 8.06. The number of anilines is 3. The molecule has 1 aliphatic heterocycles. The van der Waals surface area contributed by atoms with Crippen LogP contribution in [0.3, 0.4) is 0 Å². The maximum absolute atomic E-state index is 12.7. The topological polar surface area (TPSA) is 105 Å². The molecule has 3 aromatic rings. The first-order chi connectivity index (χ1) is 16.9. The first-order valence-electron chi connectivity index (χ1n) is 11.3. The normalized spacial score (nSPS) is 14.9. The Kier molecular flexibility index (Phi) is 7.21. The van der Waals surface area contributed by atoms with Crippen molar-refractivity contribution in [3.05, 3.63) is 90.0 Å². The van der Waals surface area contributed by atoms with Gasteiger partial charge in [-0.25, -0.2) is 4.79 Å². The van der Waals surface area contributed by atoms with E-state index in [1.165, 1.54) is 0 Å². The summed E-state index contributed by atoms with van der Waals surface area (Å²) < 4.78 is 4.98. The number of benzene rings is 3. The van der Waals surface area contributed by atoms with Crippen LogP contribution < -0.4 is 15.5 Å². The fourth-order valence-corrected chi connectivity index (χ4v) is 3.83. The molecule has 3 aromatic carbocycles. The molecule has 0 saturated carbocycles. The molecule has 1 atom stereocenters. The van der Waals surface area contributed by atoms with Gasteiger partial charge in [-0.15, -0.1) is 0 Å². The highest BCUT2D eigenvalue weighted by Crippen LogP contribution is 2.26. The fourth-order valence-electron chi connectivity index (χ4n) is 3.83. The summed E-state index contributed by atoms with van der Waals surface area (Å²) in [6.07, 6.45) is 0.145. The van der Waals surface area contributed by atoms with Crippen LogP contribution in [0.5, 0.6) is 0 Å². The Hall–Kier alpha value is -4.46. The van der Waals surface area contributed by atoms with Crippen molar-refractivity contribution >= 4 is 40.8 Å². The summed E-state index contributed by atoms with van der Waals surface area (Å²) in [5, 5.41) is 5.57. The van der Waals surface area contributed by atoms with Gasteiger partial charge in [0.2, 0.25) is 11.8 Å². The lowest BCUT2D eigenvalue weighted by Gasteiger charge is -2.16. The zero-order valence-corrected chi connectivity index (χ0v) is 19.2. The van der Waals surface area contributed by atoms with Gasteiger partial charge < -0.3 is 20.3 Å². The maximum Gasteiger partial charge on any atom is 0.338 e. The average molecular weight is 472 g/mol. The van der Waals surface area contributed by atoms with Gasteiger partial charge in [0, 0.05) is 35.6 Å². The minimum Gasteiger partial charge on any atom is -0.462 e. The smallest absolute Gasteiger partial charge is 0.338 e. The van der Waals surface area contributed by atoms with Crippen LogP contribution >= 0.6 is 0 Å². The number of rotatable bonds is 7. The van der Waals surface area contributed by atoms with E-state index in [2.05, 4.69) is 10.6 Å². The maximum atomic E-state index is 12.7. The third-order valence-electron chi connectivity index (χ3n) is 5.61. The molecule has 0 aliphatic carbocycles. The van der Waals surface area contributed by atoms with E-state index in [1.807, 2.05) is 30.3 Å². The van der Waals surface area contributed by atoms with E-state index in [0.717, 1.165) is 5.69 Å². The van der Waals surface area contributed by atoms with Crippen molar-refractivity contribution in [3.63, 3.8) is 0 Å². The number of esters is 1. The standard InChI is InChI=1S/C27H25N3O5/c1-2-35-27(34)19-7-6-8-22(15-19)29-25(32)18-11-13-21(14-12-18)28-26(33)20-16-24(31)30(17-20)23-9-4-3-5-10-23/h3-15,20H,2,16-17H2,1H3,(H,28,33)(H,29,32). The van der Waals surface area contributed by atoms with Gasteiger partial charge in [-0.3, -0.25) is 14.4 Å². The number of para-hydroxylation sites is 1. The molecule has 1 saturated heterocycles. The van der Waals surface area contributed by atoms with Gasteiger partial charge in [0.25, 0.3) is 5.91 Å². The summed E-state index contributed by atoms with van der Waals surface area (Å²) >= 11 is 0. The summed E-state index contributed by atoms with van der Waals surface area (Å²) in [6.45, 7) is 2.31. The van der Waals surface area contributed by atoms with Crippen LogP contribution in [0.15, 0.2) is 78.9 Å². The molecule has 0 spiro atoms. The van der Waals surface area contributed by atoms with Crippen molar-refractivity contribution < 1.29 is 23.9 Å². The second kappa shape index (κ2) is 10.6. The lowest BCUT2D eigenvalue weighted by Crippen LogP contribution is -2.28. The number of amides is 3. The number of ether oxygens (including phenoxy) is 1. The molecule has 4 rings (SSSR count). The van der Waals surface area contributed by atoms with E-state index < -0.39 is 11.9 Å².